The van der Waals surface area contributed by atoms with Gasteiger partial charge in [0, 0.05) is 12.5 Å². The first kappa shape index (κ1) is 21.8. The number of rotatable bonds is 6. The summed E-state index contributed by atoms with van der Waals surface area (Å²) in [6, 6.07) is 1.35. The van der Waals surface area contributed by atoms with Crippen LogP contribution in [0.5, 0.6) is 11.5 Å². The van der Waals surface area contributed by atoms with Crippen LogP contribution in [-0.2, 0) is 4.79 Å². The number of allylic oxidation sites excluding steroid dienone is 2. The molecule has 1 aliphatic rings. The highest BCUT2D eigenvalue weighted by Crippen LogP contribution is 2.49. The maximum Gasteiger partial charge on any atom is 0.259 e. The minimum absolute atomic E-state index is 0.00577. The third-order valence-corrected chi connectivity index (χ3v) is 5.71. The van der Waals surface area contributed by atoms with E-state index in [0.29, 0.717) is 5.82 Å². The third-order valence-electron chi connectivity index (χ3n) is 5.33. The molecule has 0 saturated heterocycles. The summed E-state index contributed by atoms with van der Waals surface area (Å²) in [5.74, 6) is -2.28. The maximum atomic E-state index is 13.5. The van der Waals surface area contributed by atoms with Crippen LogP contribution in [0, 0.1) is 18.3 Å². The van der Waals surface area contributed by atoms with Crippen molar-refractivity contribution in [2.75, 3.05) is 13.2 Å². The van der Waals surface area contributed by atoms with Crippen molar-refractivity contribution in [2.45, 2.75) is 27.2 Å². The molecule has 10 heteroatoms. The van der Waals surface area contributed by atoms with Crippen molar-refractivity contribution in [2.24, 2.45) is 11.3 Å². The summed E-state index contributed by atoms with van der Waals surface area (Å²) in [7, 11) is 0. The Balaban J connectivity index is 2.20. The van der Waals surface area contributed by atoms with Gasteiger partial charge < -0.3 is 24.6 Å². The van der Waals surface area contributed by atoms with Crippen LogP contribution in [0.3, 0.4) is 0 Å². The second kappa shape index (κ2) is 8.08. The van der Waals surface area contributed by atoms with Gasteiger partial charge in [0.25, 0.3) is 5.89 Å². The van der Waals surface area contributed by atoms with Crippen molar-refractivity contribution in [3.8, 4) is 23.0 Å². The fourth-order valence-electron chi connectivity index (χ4n) is 3.39. The molecule has 30 heavy (non-hydrogen) atoms. The number of aromatic nitrogens is 2. The third kappa shape index (κ3) is 3.54. The van der Waals surface area contributed by atoms with E-state index < -0.39 is 28.6 Å². The molecule has 9 nitrogen and oxygen atoms in total. The Morgan fingerprint density at radius 2 is 2.13 bits per heavy atom. The van der Waals surface area contributed by atoms with Gasteiger partial charge in [-0.1, -0.05) is 23.7 Å². The number of phenols is 1. The molecule has 1 heterocycles. The van der Waals surface area contributed by atoms with E-state index in [0.717, 1.165) is 6.08 Å². The van der Waals surface area contributed by atoms with E-state index in [9.17, 15) is 19.8 Å². The molecule has 0 fully saturated rings. The largest absolute Gasteiger partial charge is 0.511 e. The molecule has 0 aliphatic heterocycles. The maximum absolute atomic E-state index is 13.5. The summed E-state index contributed by atoms with van der Waals surface area (Å²) in [6.45, 7) is 4.22. The van der Waals surface area contributed by atoms with E-state index in [4.69, 9.17) is 26.0 Å². The van der Waals surface area contributed by atoms with Gasteiger partial charge in [0.2, 0.25) is 0 Å². The number of carbonyl (C=O) groups is 2. The minimum Gasteiger partial charge on any atom is -0.511 e. The molecule has 2 atom stereocenters. The number of aromatic hydroxyl groups is 1. The van der Waals surface area contributed by atoms with Crippen LogP contribution in [0.25, 0.3) is 11.5 Å². The number of ketones is 2. The molecular formula is C20H21ClN2O7. The van der Waals surface area contributed by atoms with Gasteiger partial charge in [-0.05, 0) is 25.8 Å². The Labute approximate surface area is 176 Å². The number of nitrogens with zero attached hydrogens (tertiary/aromatic N) is 2. The quantitative estimate of drug-likeness (QED) is 0.582. The van der Waals surface area contributed by atoms with Crippen molar-refractivity contribution >= 4 is 23.2 Å². The summed E-state index contributed by atoms with van der Waals surface area (Å²) in [5.41, 5.74) is -1.64. The average molecular weight is 437 g/mol. The summed E-state index contributed by atoms with van der Waals surface area (Å²) >= 11 is 6.31. The van der Waals surface area contributed by atoms with Crippen molar-refractivity contribution < 1.29 is 34.2 Å². The van der Waals surface area contributed by atoms with Crippen molar-refractivity contribution in [3.63, 3.8) is 0 Å². The van der Waals surface area contributed by atoms with Crippen molar-refractivity contribution in [1.82, 2.24) is 10.1 Å². The Hall–Kier alpha value is -2.91. The first-order valence-electron chi connectivity index (χ1n) is 9.19. The summed E-state index contributed by atoms with van der Waals surface area (Å²) in [6.07, 6.45) is 1.06. The zero-order chi connectivity index (χ0) is 22.2. The monoisotopic (exact) mass is 436 g/mol. The van der Waals surface area contributed by atoms with Crippen LogP contribution in [0.4, 0.5) is 0 Å². The summed E-state index contributed by atoms with van der Waals surface area (Å²) in [5, 5.41) is 33.9. The number of aliphatic hydroxyl groups is 2. The molecule has 0 bridgehead atoms. The molecule has 0 amide bonds. The van der Waals surface area contributed by atoms with Gasteiger partial charge in [-0.2, -0.15) is 4.98 Å². The van der Waals surface area contributed by atoms with Crippen molar-refractivity contribution in [3.05, 3.63) is 34.3 Å². The second-order valence-electron chi connectivity index (χ2n) is 7.31. The number of hydrogen-bond acceptors (Lipinski definition) is 9. The van der Waals surface area contributed by atoms with Crippen LogP contribution in [0.1, 0.15) is 36.5 Å². The number of hydrogen-bond donors (Lipinski definition) is 3. The predicted octanol–water partition coefficient (Wildman–Crippen LogP) is 3.01. The zero-order valence-electron chi connectivity index (χ0n) is 16.6. The molecule has 2 aromatic rings. The molecule has 0 spiro atoms. The number of benzene rings is 1. The SMILES string of the molecule is Cc1noc(-c2cc(OCCO)c(C(=O)[C@@]3(C)C(O)=CC(=O)C[C@H]3C)c(O)c2Cl)n1. The molecule has 0 radical (unpaired) electrons. The molecular weight excluding hydrogens is 416 g/mol. The van der Waals surface area contributed by atoms with Gasteiger partial charge in [0.15, 0.2) is 17.4 Å². The smallest absolute Gasteiger partial charge is 0.259 e. The van der Waals surface area contributed by atoms with Crippen LogP contribution in [0.2, 0.25) is 5.02 Å². The van der Waals surface area contributed by atoms with Gasteiger partial charge in [-0.25, -0.2) is 0 Å². The van der Waals surface area contributed by atoms with Gasteiger partial charge in [0.1, 0.15) is 29.4 Å². The molecule has 1 aromatic heterocycles. The van der Waals surface area contributed by atoms with Crippen molar-refractivity contribution in [1.29, 1.82) is 0 Å². The van der Waals surface area contributed by atoms with Crippen LogP contribution in [-0.4, -0.2) is 50.2 Å². The van der Waals surface area contributed by atoms with Gasteiger partial charge >= 0.3 is 0 Å². The molecule has 3 N–H and O–H groups in total. The predicted molar refractivity (Wildman–Crippen MR) is 106 cm³/mol. The zero-order valence-corrected chi connectivity index (χ0v) is 17.4. The number of Topliss-reactive ketones (excluding diaryl/α,β-unsaturated/α-hetero) is 1. The number of halogens is 1. The standard InChI is InChI=1S/C20H21ClN2O7/c1-9-6-11(25)7-14(26)20(9,3)18(28)15-13(29-5-4-24)8-12(16(21)17(15)27)19-22-10(2)23-30-19/h7-9,24,26-27H,4-6H2,1-3H3/t9-,20-/m1/s1. The first-order valence-corrected chi connectivity index (χ1v) is 9.57. The van der Waals surface area contributed by atoms with Gasteiger partial charge in [0.05, 0.1) is 22.6 Å². The summed E-state index contributed by atoms with van der Waals surface area (Å²) in [4.78, 5) is 29.4. The highest BCUT2D eigenvalue weighted by atomic mass is 35.5. The Morgan fingerprint density at radius 1 is 1.43 bits per heavy atom. The lowest BCUT2D eigenvalue weighted by Gasteiger charge is -2.36. The molecule has 1 aromatic carbocycles. The van der Waals surface area contributed by atoms with E-state index in [1.54, 1.807) is 13.8 Å². The molecule has 160 valence electrons. The van der Waals surface area contributed by atoms with Crippen LogP contribution in [0.15, 0.2) is 22.4 Å². The number of carbonyl (C=O) groups excluding carboxylic acids is 2. The number of ether oxygens (including phenoxy) is 1. The lowest BCUT2D eigenvalue weighted by Crippen LogP contribution is -2.40. The minimum atomic E-state index is -1.49. The Morgan fingerprint density at radius 3 is 2.70 bits per heavy atom. The highest BCUT2D eigenvalue weighted by molar-refractivity contribution is 6.35. The van der Waals surface area contributed by atoms with Gasteiger partial charge in [-0.15, -0.1) is 0 Å². The van der Waals surface area contributed by atoms with E-state index >= 15 is 0 Å². The lowest BCUT2D eigenvalue weighted by atomic mass is 9.66. The van der Waals surface area contributed by atoms with E-state index in [-0.39, 0.29) is 53.2 Å². The van der Waals surface area contributed by atoms with E-state index in [1.165, 1.54) is 13.0 Å². The number of aryl methyl sites for hydroxylation is 1. The molecule has 0 saturated carbocycles. The molecule has 1 aliphatic carbocycles. The topological polar surface area (TPSA) is 143 Å². The number of aliphatic hydroxyl groups excluding tert-OH is 2. The average Bonchev–Trinajstić information content (AvgIpc) is 3.12. The molecule has 0 unspecified atom stereocenters. The Kier molecular flexibility index (Phi) is 5.87. The lowest BCUT2D eigenvalue weighted by molar-refractivity contribution is -0.117. The molecule has 3 rings (SSSR count). The summed E-state index contributed by atoms with van der Waals surface area (Å²) < 4.78 is 10.6. The number of phenolic OH excluding ortho intramolecular Hbond substituents is 1. The fraction of sp³-hybridized carbons (Fsp3) is 0.400. The first-order chi connectivity index (χ1) is 14.1. The Bertz CT molecular complexity index is 1050. The normalized spacial score (nSPS) is 21.4. The van der Waals surface area contributed by atoms with Gasteiger partial charge in [-0.3, -0.25) is 9.59 Å². The van der Waals surface area contributed by atoms with E-state index in [1.807, 2.05) is 0 Å². The van der Waals surface area contributed by atoms with E-state index in [2.05, 4.69) is 10.1 Å². The highest BCUT2D eigenvalue weighted by Gasteiger charge is 2.48. The van der Waals surface area contributed by atoms with Crippen LogP contribution < -0.4 is 4.74 Å². The second-order valence-corrected chi connectivity index (χ2v) is 7.69. The van der Waals surface area contributed by atoms with Crippen LogP contribution >= 0.6 is 11.6 Å². The fourth-order valence-corrected chi connectivity index (χ4v) is 3.62.